The van der Waals surface area contributed by atoms with Crippen LogP contribution in [0.2, 0.25) is 0 Å². The summed E-state index contributed by atoms with van der Waals surface area (Å²) in [5.41, 5.74) is 0.623. The Kier molecular flexibility index (Phi) is 7.15. The van der Waals surface area contributed by atoms with Crippen molar-refractivity contribution >= 4 is 44.2 Å². The fourth-order valence-electron chi connectivity index (χ4n) is 2.05. The van der Waals surface area contributed by atoms with Gasteiger partial charge in [0, 0.05) is 11.4 Å². The number of carbonyl (C=O) groups excluding carboxylic acids is 2. The van der Waals surface area contributed by atoms with Crippen molar-refractivity contribution in [2.24, 2.45) is 0 Å². The molecule has 136 valence electrons. The molecule has 0 bridgehead atoms. The molecule has 0 aliphatic rings. The largest absolute Gasteiger partial charge is 0.444 e. The van der Waals surface area contributed by atoms with E-state index in [0.717, 1.165) is 13.0 Å². The van der Waals surface area contributed by atoms with E-state index >= 15 is 0 Å². The third-order valence-corrected chi connectivity index (χ3v) is 4.56. The average molecular weight is 429 g/mol. The van der Waals surface area contributed by atoms with Crippen molar-refractivity contribution < 1.29 is 14.0 Å². The summed E-state index contributed by atoms with van der Waals surface area (Å²) in [7, 11) is 4.00. The van der Waals surface area contributed by atoms with Crippen LogP contribution in [0.4, 0.5) is 5.13 Å². The first-order chi connectivity index (χ1) is 11.8. The van der Waals surface area contributed by atoms with E-state index in [2.05, 4.69) is 36.4 Å². The van der Waals surface area contributed by atoms with Crippen molar-refractivity contribution in [1.29, 1.82) is 0 Å². The summed E-state index contributed by atoms with van der Waals surface area (Å²) in [6, 6.07) is 3.31. The summed E-state index contributed by atoms with van der Waals surface area (Å²) in [4.78, 5) is 30.4. The van der Waals surface area contributed by atoms with Crippen LogP contribution in [0.1, 0.15) is 29.6 Å². The molecular weight excluding hydrogens is 408 g/mol. The van der Waals surface area contributed by atoms with Gasteiger partial charge in [0.1, 0.15) is 0 Å². The maximum atomic E-state index is 12.1. The lowest BCUT2D eigenvalue weighted by Gasteiger charge is -2.16. The summed E-state index contributed by atoms with van der Waals surface area (Å²) >= 11 is 4.42. The van der Waals surface area contributed by atoms with Gasteiger partial charge >= 0.3 is 0 Å². The average Bonchev–Trinajstić information content (AvgIpc) is 3.14. The van der Waals surface area contributed by atoms with Gasteiger partial charge in [-0.05, 0) is 62.0 Å². The molecule has 7 nitrogen and oxygen atoms in total. The fraction of sp³-hybridized carbons (Fsp3) is 0.438. The van der Waals surface area contributed by atoms with E-state index in [0.29, 0.717) is 15.5 Å². The van der Waals surface area contributed by atoms with Crippen LogP contribution in [0.5, 0.6) is 0 Å². The second-order valence-corrected chi connectivity index (χ2v) is 7.58. The van der Waals surface area contributed by atoms with E-state index in [4.69, 9.17) is 4.42 Å². The quantitative estimate of drug-likeness (QED) is 0.674. The second-order valence-electron chi connectivity index (χ2n) is 5.94. The van der Waals surface area contributed by atoms with E-state index in [-0.39, 0.29) is 30.0 Å². The van der Waals surface area contributed by atoms with E-state index in [9.17, 15) is 9.59 Å². The maximum absolute atomic E-state index is 12.1. The minimum absolute atomic E-state index is 0.0793. The zero-order valence-electron chi connectivity index (χ0n) is 14.3. The van der Waals surface area contributed by atoms with Crippen LogP contribution in [-0.2, 0) is 11.2 Å². The third kappa shape index (κ3) is 6.60. The predicted octanol–water partition coefficient (Wildman–Crippen LogP) is 2.75. The Morgan fingerprint density at radius 1 is 1.40 bits per heavy atom. The summed E-state index contributed by atoms with van der Waals surface area (Å²) < 4.78 is 5.67. The molecule has 2 heterocycles. The van der Waals surface area contributed by atoms with Crippen LogP contribution in [0, 0.1) is 0 Å². The molecule has 2 rings (SSSR count). The molecular formula is C16H21BrN4O3S. The molecule has 0 radical (unpaired) electrons. The molecule has 0 saturated heterocycles. The van der Waals surface area contributed by atoms with Crippen molar-refractivity contribution in [3.05, 3.63) is 33.6 Å². The molecule has 1 atom stereocenters. The standard InChI is InChI=1S/C16H21BrN4O3S/c1-10(6-7-21(2)3)18-14(22)8-11-9-25-16(19-11)20-15(23)12-4-5-13(17)24-12/h4-5,9-10H,6-8H2,1-3H3,(H,18,22)(H,19,20,23). The molecule has 2 aromatic rings. The van der Waals surface area contributed by atoms with Gasteiger partial charge in [0.15, 0.2) is 15.6 Å². The first kappa shape index (κ1) is 19.6. The topological polar surface area (TPSA) is 87.5 Å². The lowest BCUT2D eigenvalue weighted by Crippen LogP contribution is -2.35. The number of hydrogen-bond acceptors (Lipinski definition) is 6. The van der Waals surface area contributed by atoms with Crippen LogP contribution >= 0.6 is 27.3 Å². The number of carbonyl (C=O) groups is 2. The molecule has 25 heavy (non-hydrogen) atoms. The van der Waals surface area contributed by atoms with E-state index in [1.807, 2.05) is 21.0 Å². The Labute approximate surface area is 158 Å². The number of thiazole rings is 1. The highest BCUT2D eigenvalue weighted by Gasteiger charge is 2.14. The Morgan fingerprint density at radius 2 is 2.16 bits per heavy atom. The molecule has 9 heteroatoms. The molecule has 2 amide bonds. The number of hydrogen-bond donors (Lipinski definition) is 2. The highest BCUT2D eigenvalue weighted by molar-refractivity contribution is 9.10. The smallest absolute Gasteiger partial charge is 0.293 e. The lowest BCUT2D eigenvalue weighted by molar-refractivity contribution is -0.121. The van der Waals surface area contributed by atoms with Crippen molar-refractivity contribution in [3.63, 3.8) is 0 Å². The molecule has 2 aromatic heterocycles. The Bertz CT molecular complexity index is 729. The minimum atomic E-state index is -0.381. The number of aromatic nitrogens is 1. The van der Waals surface area contributed by atoms with Crippen molar-refractivity contribution in [1.82, 2.24) is 15.2 Å². The lowest BCUT2D eigenvalue weighted by atomic mass is 10.2. The van der Waals surface area contributed by atoms with Gasteiger partial charge in [-0.1, -0.05) is 0 Å². The minimum Gasteiger partial charge on any atom is -0.444 e. The van der Waals surface area contributed by atoms with E-state index in [1.165, 1.54) is 11.3 Å². The van der Waals surface area contributed by atoms with Gasteiger partial charge in [-0.2, -0.15) is 0 Å². The summed E-state index contributed by atoms with van der Waals surface area (Å²) in [6.07, 6.45) is 1.07. The van der Waals surface area contributed by atoms with Crippen molar-refractivity contribution in [2.45, 2.75) is 25.8 Å². The number of furan rings is 1. The van der Waals surface area contributed by atoms with Crippen LogP contribution in [-0.4, -0.2) is 48.4 Å². The fourth-order valence-corrected chi connectivity index (χ4v) is 3.07. The first-order valence-corrected chi connectivity index (χ1v) is 9.46. The Balaban J connectivity index is 1.82. The van der Waals surface area contributed by atoms with Crippen LogP contribution < -0.4 is 10.6 Å². The molecule has 0 saturated carbocycles. The summed E-state index contributed by atoms with van der Waals surface area (Å²) in [5, 5.41) is 7.80. The van der Waals surface area contributed by atoms with Gasteiger partial charge in [-0.25, -0.2) is 4.98 Å². The molecule has 0 aliphatic carbocycles. The van der Waals surface area contributed by atoms with Crippen molar-refractivity contribution in [3.8, 4) is 0 Å². The van der Waals surface area contributed by atoms with Crippen LogP contribution in [0.3, 0.4) is 0 Å². The van der Waals surface area contributed by atoms with Gasteiger partial charge in [0.25, 0.3) is 5.91 Å². The second kappa shape index (κ2) is 9.12. The number of nitrogens with one attached hydrogen (secondary N) is 2. The monoisotopic (exact) mass is 428 g/mol. The predicted molar refractivity (Wildman–Crippen MR) is 101 cm³/mol. The zero-order valence-corrected chi connectivity index (χ0v) is 16.7. The summed E-state index contributed by atoms with van der Waals surface area (Å²) in [5.74, 6) is -0.270. The van der Waals surface area contributed by atoms with Crippen LogP contribution in [0.15, 0.2) is 26.6 Å². The van der Waals surface area contributed by atoms with Gasteiger partial charge in [0.05, 0.1) is 12.1 Å². The molecule has 0 aliphatic heterocycles. The van der Waals surface area contributed by atoms with Gasteiger partial charge in [-0.3, -0.25) is 14.9 Å². The van der Waals surface area contributed by atoms with Gasteiger partial charge < -0.3 is 14.6 Å². The molecule has 2 N–H and O–H groups in total. The normalized spacial score (nSPS) is 12.2. The third-order valence-electron chi connectivity index (χ3n) is 3.33. The molecule has 1 unspecified atom stereocenters. The van der Waals surface area contributed by atoms with E-state index < -0.39 is 0 Å². The van der Waals surface area contributed by atoms with E-state index in [1.54, 1.807) is 17.5 Å². The zero-order chi connectivity index (χ0) is 18.4. The number of anilines is 1. The van der Waals surface area contributed by atoms with Gasteiger partial charge in [0.2, 0.25) is 5.91 Å². The molecule has 0 fully saturated rings. The maximum Gasteiger partial charge on any atom is 0.293 e. The number of halogens is 1. The first-order valence-electron chi connectivity index (χ1n) is 7.78. The Morgan fingerprint density at radius 3 is 2.80 bits per heavy atom. The highest BCUT2D eigenvalue weighted by Crippen LogP contribution is 2.19. The number of amides is 2. The number of nitrogens with zero attached hydrogens (tertiary/aromatic N) is 2. The number of rotatable bonds is 8. The summed E-state index contributed by atoms with van der Waals surface area (Å²) in [6.45, 7) is 2.90. The van der Waals surface area contributed by atoms with Gasteiger partial charge in [-0.15, -0.1) is 11.3 Å². The van der Waals surface area contributed by atoms with Crippen LogP contribution in [0.25, 0.3) is 0 Å². The Hall–Kier alpha value is -1.71. The molecule has 0 spiro atoms. The molecule has 0 aromatic carbocycles. The van der Waals surface area contributed by atoms with Crippen molar-refractivity contribution in [2.75, 3.05) is 26.0 Å². The SMILES string of the molecule is CC(CCN(C)C)NC(=O)Cc1csc(NC(=O)c2ccc(Br)o2)n1. The highest BCUT2D eigenvalue weighted by atomic mass is 79.9.